The third-order valence-corrected chi connectivity index (χ3v) is 7.84. The van der Waals surface area contributed by atoms with Gasteiger partial charge in [-0.1, -0.05) is 24.3 Å². The van der Waals surface area contributed by atoms with E-state index in [1.54, 1.807) is 11.3 Å². The number of rotatable bonds is 3. The Morgan fingerprint density at radius 1 is 1.15 bits per heavy atom. The molecule has 1 aromatic carbocycles. The van der Waals surface area contributed by atoms with Crippen molar-refractivity contribution in [3.8, 4) is 21.8 Å². The molecule has 3 aromatic rings. The van der Waals surface area contributed by atoms with Crippen molar-refractivity contribution in [2.24, 2.45) is 0 Å². The first-order valence-electron chi connectivity index (χ1n) is 8.76. The molecule has 0 bridgehead atoms. The van der Waals surface area contributed by atoms with Gasteiger partial charge in [-0.2, -0.15) is 0 Å². The second-order valence-electron chi connectivity index (χ2n) is 7.06. The lowest BCUT2D eigenvalue weighted by Crippen LogP contribution is -2.13. The van der Waals surface area contributed by atoms with Crippen LogP contribution in [0, 0.1) is 20.8 Å². The third kappa shape index (κ3) is 3.01. The minimum absolute atomic E-state index is 0.0447. The summed E-state index contributed by atoms with van der Waals surface area (Å²) in [4.78, 5) is 4.87. The zero-order valence-electron chi connectivity index (χ0n) is 15.2. The maximum Gasteiger partial charge on any atom is 0.152 e. The normalized spacial score (nSPS) is 19.1. The quantitative estimate of drug-likeness (QED) is 0.663. The Balaban J connectivity index is 1.72. The van der Waals surface area contributed by atoms with E-state index in [1.807, 2.05) is 12.1 Å². The summed E-state index contributed by atoms with van der Waals surface area (Å²) in [7, 11) is -2.90. The van der Waals surface area contributed by atoms with Gasteiger partial charge >= 0.3 is 0 Å². The molecule has 4 rings (SSSR count). The number of sulfone groups is 1. The summed E-state index contributed by atoms with van der Waals surface area (Å²) in [5.74, 6) is 0.534. The van der Waals surface area contributed by atoms with Gasteiger partial charge in [0, 0.05) is 33.9 Å². The summed E-state index contributed by atoms with van der Waals surface area (Å²) in [6.07, 6.45) is 0.698. The standard InChI is InChI=1S/C20H22N2O2S2/c1-13-6-4-5-7-17(13)20-21-19(11-25-20)18-10-14(2)22(15(18)3)16-8-9-26(23,24)12-16/h4-7,10-11,16H,8-9,12H2,1-3H3. The number of benzene rings is 1. The minimum atomic E-state index is -2.90. The van der Waals surface area contributed by atoms with Crippen LogP contribution in [0.4, 0.5) is 0 Å². The second-order valence-corrected chi connectivity index (χ2v) is 10.2. The molecule has 0 saturated carbocycles. The maximum atomic E-state index is 11.9. The van der Waals surface area contributed by atoms with Crippen LogP contribution in [-0.4, -0.2) is 29.5 Å². The Labute approximate surface area is 158 Å². The molecule has 136 valence electrons. The molecule has 0 spiro atoms. The Morgan fingerprint density at radius 3 is 2.62 bits per heavy atom. The Kier molecular flexibility index (Phi) is 4.28. The number of hydrogen-bond donors (Lipinski definition) is 0. The van der Waals surface area contributed by atoms with E-state index in [-0.39, 0.29) is 17.5 Å². The predicted octanol–water partition coefficient (Wildman–Crippen LogP) is 4.56. The van der Waals surface area contributed by atoms with Crippen molar-refractivity contribution in [1.29, 1.82) is 0 Å². The number of aryl methyl sites for hydroxylation is 2. The van der Waals surface area contributed by atoms with Crippen molar-refractivity contribution < 1.29 is 8.42 Å². The molecule has 1 aliphatic rings. The smallest absolute Gasteiger partial charge is 0.152 e. The number of thiazole rings is 1. The van der Waals surface area contributed by atoms with E-state index >= 15 is 0 Å². The first-order valence-corrected chi connectivity index (χ1v) is 11.5. The maximum absolute atomic E-state index is 11.9. The van der Waals surface area contributed by atoms with Crippen LogP contribution in [0.2, 0.25) is 0 Å². The van der Waals surface area contributed by atoms with E-state index in [2.05, 4.69) is 48.9 Å². The third-order valence-electron chi connectivity index (χ3n) is 5.21. The van der Waals surface area contributed by atoms with Gasteiger partial charge in [0.15, 0.2) is 9.84 Å². The summed E-state index contributed by atoms with van der Waals surface area (Å²) in [6.45, 7) is 6.22. The van der Waals surface area contributed by atoms with E-state index in [0.717, 1.165) is 27.7 Å². The van der Waals surface area contributed by atoms with Crippen LogP contribution in [-0.2, 0) is 9.84 Å². The van der Waals surface area contributed by atoms with Crippen LogP contribution in [0.3, 0.4) is 0 Å². The SMILES string of the molecule is Cc1ccccc1-c1nc(-c2cc(C)n(C3CCS(=O)(=O)C3)c2C)cs1. The molecule has 0 radical (unpaired) electrons. The summed E-state index contributed by atoms with van der Waals surface area (Å²) in [5.41, 5.74) is 6.65. The molecule has 3 heterocycles. The molecule has 1 unspecified atom stereocenters. The van der Waals surface area contributed by atoms with Crippen LogP contribution in [0.25, 0.3) is 21.8 Å². The van der Waals surface area contributed by atoms with Gasteiger partial charge in [0.25, 0.3) is 0 Å². The average molecular weight is 387 g/mol. The number of hydrogen-bond acceptors (Lipinski definition) is 4. The first-order chi connectivity index (χ1) is 12.4. The summed E-state index contributed by atoms with van der Waals surface area (Å²) in [6, 6.07) is 10.5. The van der Waals surface area contributed by atoms with Gasteiger partial charge in [-0.25, -0.2) is 13.4 Å². The molecular weight excluding hydrogens is 364 g/mol. The summed E-state index contributed by atoms with van der Waals surface area (Å²) >= 11 is 1.65. The van der Waals surface area contributed by atoms with Crippen LogP contribution in [0.15, 0.2) is 35.7 Å². The van der Waals surface area contributed by atoms with E-state index in [0.29, 0.717) is 6.42 Å². The second kappa shape index (κ2) is 6.35. The van der Waals surface area contributed by atoms with Crippen molar-refractivity contribution in [3.05, 3.63) is 52.7 Å². The summed E-state index contributed by atoms with van der Waals surface area (Å²) in [5, 5.41) is 3.12. The fraction of sp³-hybridized carbons (Fsp3) is 0.350. The zero-order valence-corrected chi connectivity index (χ0v) is 16.8. The van der Waals surface area contributed by atoms with E-state index in [1.165, 1.54) is 11.1 Å². The van der Waals surface area contributed by atoms with Crippen molar-refractivity contribution >= 4 is 21.2 Å². The highest BCUT2D eigenvalue weighted by molar-refractivity contribution is 7.91. The molecule has 6 heteroatoms. The highest BCUT2D eigenvalue weighted by atomic mass is 32.2. The van der Waals surface area contributed by atoms with Crippen LogP contribution >= 0.6 is 11.3 Å². The fourth-order valence-electron chi connectivity index (χ4n) is 3.91. The van der Waals surface area contributed by atoms with E-state index in [9.17, 15) is 8.42 Å². The van der Waals surface area contributed by atoms with Crippen molar-refractivity contribution in [1.82, 2.24) is 9.55 Å². The zero-order chi connectivity index (χ0) is 18.5. The van der Waals surface area contributed by atoms with E-state index in [4.69, 9.17) is 4.98 Å². The summed E-state index contributed by atoms with van der Waals surface area (Å²) < 4.78 is 26.0. The molecule has 26 heavy (non-hydrogen) atoms. The average Bonchev–Trinajstić information content (AvgIpc) is 3.26. The number of nitrogens with zero attached hydrogens (tertiary/aromatic N) is 2. The first kappa shape index (κ1) is 17.5. The van der Waals surface area contributed by atoms with Crippen molar-refractivity contribution in [3.63, 3.8) is 0 Å². The molecule has 0 amide bonds. The minimum Gasteiger partial charge on any atom is -0.344 e. The lowest BCUT2D eigenvalue weighted by molar-refractivity contribution is 0.536. The van der Waals surface area contributed by atoms with Crippen LogP contribution < -0.4 is 0 Å². The molecular formula is C20H22N2O2S2. The largest absolute Gasteiger partial charge is 0.344 e. The van der Waals surface area contributed by atoms with Crippen molar-refractivity contribution in [2.45, 2.75) is 33.2 Å². The molecule has 1 saturated heterocycles. The molecule has 1 atom stereocenters. The fourth-order valence-corrected chi connectivity index (χ4v) is 6.52. The number of aromatic nitrogens is 2. The topological polar surface area (TPSA) is 52.0 Å². The van der Waals surface area contributed by atoms with Gasteiger partial charge in [-0.15, -0.1) is 11.3 Å². The molecule has 0 aliphatic carbocycles. The van der Waals surface area contributed by atoms with E-state index < -0.39 is 9.84 Å². The Morgan fingerprint density at radius 2 is 1.92 bits per heavy atom. The monoisotopic (exact) mass is 386 g/mol. The lowest BCUT2D eigenvalue weighted by Gasteiger charge is -2.16. The Hall–Kier alpha value is -1.92. The predicted molar refractivity (Wildman–Crippen MR) is 107 cm³/mol. The van der Waals surface area contributed by atoms with Crippen LogP contribution in [0.5, 0.6) is 0 Å². The molecule has 1 fully saturated rings. The molecule has 0 N–H and O–H groups in total. The van der Waals surface area contributed by atoms with Gasteiger partial charge < -0.3 is 4.57 Å². The lowest BCUT2D eigenvalue weighted by atomic mass is 10.1. The van der Waals surface area contributed by atoms with Gasteiger partial charge in [0.2, 0.25) is 0 Å². The van der Waals surface area contributed by atoms with Gasteiger partial charge in [0.05, 0.1) is 17.2 Å². The van der Waals surface area contributed by atoms with Gasteiger partial charge in [0.1, 0.15) is 5.01 Å². The highest BCUT2D eigenvalue weighted by Gasteiger charge is 2.31. The molecule has 4 nitrogen and oxygen atoms in total. The Bertz CT molecular complexity index is 1080. The van der Waals surface area contributed by atoms with Crippen molar-refractivity contribution in [2.75, 3.05) is 11.5 Å². The van der Waals surface area contributed by atoms with Gasteiger partial charge in [-0.05, 0) is 38.8 Å². The van der Waals surface area contributed by atoms with Gasteiger partial charge in [-0.3, -0.25) is 0 Å². The highest BCUT2D eigenvalue weighted by Crippen LogP contribution is 2.36. The van der Waals surface area contributed by atoms with Crippen LogP contribution in [0.1, 0.15) is 29.4 Å². The molecule has 1 aliphatic heterocycles. The molecule has 2 aromatic heterocycles.